The lowest BCUT2D eigenvalue weighted by atomic mass is 9.71. The first-order valence-electron chi connectivity index (χ1n) is 21.1. The molecular formula is C47H65NO9. The van der Waals surface area contributed by atoms with E-state index in [1.807, 2.05) is 25.1 Å². The molecule has 2 aromatic rings. The Morgan fingerprint density at radius 2 is 1.72 bits per heavy atom. The van der Waals surface area contributed by atoms with Crippen LogP contribution in [0, 0.1) is 23.2 Å². The number of fused-ring (bicyclic) bond motifs is 5. The van der Waals surface area contributed by atoms with Crippen molar-refractivity contribution in [3.63, 3.8) is 0 Å². The van der Waals surface area contributed by atoms with Crippen LogP contribution < -0.4 is 5.32 Å². The first-order valence-corrected chi connectivity index (χ1v) is 21.1. The number of unbranched alkanes of at least 4 members (excludes halogenated alkanes) is 1. The summed E-state index contributed by atoms with van der Waals surface area (Å²) < 4.78 is 0. The van der Waals surface area contributed by atoms with E-state index < -0.39 is 60.0 Å². The molecule has 10 heteroatoms. The third kappa shape index (κ3) is 11.6. The summed E-state index contributed by atoms with van der Waals surface area (Å²) in [7, 11) is 0. The highest BCUT2D eigenvalue weighted by Gasteiger charge is 2.44. The second-order valence-corrected chi connectivity index (χ2v) is 17.2. The number of carboxylic acid groups (broad SMARTS) is 1. The van der Waals surface area contributed by atoms with Crippen LogP contribution in [0.15, 0.2) is 71.8 Å². The van der Waals surface area contributed by atoms with Crippen molar-refractivity contribution in [3.8, 4) is 17.6 Å². The molecule has 57 heavy (non-hydrogen) atoms. The van der Waals surface area contributed by atoms with E-state index in [1.54, 1.807) is 37.3 Å². The third-order valence-electron chi connectivity index (χ3n) is 12.9. The van der Waals surface area contributed by atoms with Gasteiger partial charge in [0.1, 0.15) is 5.75 Å². The summed E-state index contributed by atoms with van der Waals surface area (Å²) in [4.78, 5) is 12.1. The second-order valence-electron chi connectivity index (χ2n) is 17.2. The number of aryl methyl sites for hydroxylation is 1. The lowest BCUT2D eigenvalue weighted by Gasteiger charge is -2.40. The first kappa shape index (κ1) is 44.6. The number of phenolic OH excluding ortho intramolecular Hbond substituents is 1. The number of aliphatic hydroxyl groups is 6. The lowest BCUT2D eigenvalue weighted by Crippen LogP contribution is -2.50. The van der Waals surface area contributed by atoms with Gasteiger partial charge in [-0.15, -0.1) is 0 Å². The third-order valence-corrected chi connectivity index (χ3v) is 12.9. The van der Waals surface area contributed by atoms with E-state index in [0.717, 1.165) is 53.5 Å². The van der Waals surface area contributed by atoms with Gasteiger partial charge in [0.25, 0.3) is 0 Å². The minimum absolute atomic E-state index is 0.0786. The van der Waals surface area contributed by atoms with Crippen molar-refractivity contribution in [3.05, 3.63) is 88.5 Å². The number of β-amino-alcohol motifs (C(OH)–C–C–N with tert-alkyl or cyclic N) is 1. The summed E-state index contributed by atoms with van der Waals surface area (Å²) in [6, 6.07) is 14.4. The standard InChI is InChI=1S/C47H65NO9/c1-3-4-11-41(52)42(53)22-17-32-13-12-31-9-5-6-10-38(31)34-16-21-40(33-14-19-36(50)20-15-33)46(2,57)30-48-45(39(32)27-37(51)29-49)35(26-34)18-23-43(54)47(28-44(55)56)24-7-8-25-47/h5-6,9-10,14-15,17,19-20,22,34-35,37,40-43,45,48-54,57H,3-4,7-8,11-13,18,23-30H2,1-2H3,(H,55,56)/t34-,35+,37+,40+,41+,42-,43+,45-,46-/m1/s1. The molecule has 0 saturated heterocycles. The number of nitrogens with one attached hydrogen (secondary N) is 1. The zero-order valence-corrected chi connectivity index (χ0v) is 33.7. The molecule has 0 unspecified atom stereocenters. The second kappa shape index (κ2) is 20.4. The average molecular weight is 788 g/mol. The van der Waals surface area contributed by atoms with Crippen molar-refractivity contribution in [1.29, 1.82) is 0 Å². The van der Waals surface area contributed by atoms with Crippen molar-refractivity contribution in [2.24, 2.45) is 11.3 Å². The SMILES string of the molecule is CCCC[C@H](O)[C@H](O)C=CC1=C(C[C@H](O)CO)[C@@H]2NC[C@@](C)(O)[C@H](c3ccc(O)cc3)C#C[C@H](C[C@@H]2CC[C@H](O)C2(CC(=O)O)CCCC2)c2ccccc2CC1. The quantitative estimate of drug-likeness (QED) is 0.0966. The van der Waals surface area contributed by atoms with Crippen LogP contribution in [0.4, 0.5) is 0 Å². The average Bonchev–Trinajstić information content (AvgIpc) is 3.67. The van der Waals surface area contributed by atoms with Crippen molar-refractivity contribution in [2.75, 3.05) is 13.2 Å². The van der Waals surface area contributed by atoms with Gasteiger partial charge in [-0.1, -0.05) is 93.0 Å². The Morgan fingerprint density at radius 1 is 1.00 bits per heavy atom. The molecule has 1 saturated carbocycles. The number of phenols is 1. The van der Waals surface area contributed by atoms with Crippen molar-refractivity contribution >= 4 is 5.97 Å². The Kier molecular flexibility index (Phi) is 16.0. The van der Waals surface area contributed by atoms with E-state index in [9.17, 15) is 45.6 Å². The topological polar surface area (TPSA) is 191 Å². The molecule has 2 aliphatic carbocycles. The van der Waals surface area contributed by atoms with Gasteiger partial charge in [-0.2, -0.15) is 0 Å². The molecule has 10 nitrogen and oxygen atoms in total. The minimum Gasteiger partial charge on any atom is -0.508 e. The fraction of sp³-hybridized carbons (Fsp3) is 0.596. The summed E-state index contributed by atoms with van der Waals surface area (Å²) in [5, 5.41) is 91.1. The van der Waals surface area contributed by atoms with Gasteiger partial charge < -0.3 is 46.2 Å². The van der Waals surface area contributed by atoms with Gasteiger partial charge in [-0.25, -0.2) is 0 Å². The largest absolute Gasteiger partial charge is 0.508 e. The molecule has 1 heterocycles. The van der Waals surface area contributed by atoms with E-state index in [4.69, 9.17) is 0 Å². The summed E-state index contributed by atoms with van der Waals surface area (Å²) in [5.41, 5.74) is 2.36. The minimum atomic E-state index is -1.43. The highest BCUT2D eigenvalue weighted by atomic mass is 16.4. The van der Waals surface area contributed by atoms with Crippen LogP contribution in [0.25, 0.3) is 0 Å². The van der Waals surface area contributed by atoms with Crippen LogP contribution in [0.1, 0.15) is 126 Å². The maximum Gasteiger partial charge on any atom is 0.304 e. The zero-order chi connectivity index (χ0) is 41.2. The zero-order valence-electron chi connectivity index (χ0n) is 33.7. The lowest BCUT2D eigenvalue weighted by molar-refractivity contribution is -0.142. The number of aromatic hydroxyl groups is 1. The van der Waals surface area contributed by atoms with Gasteiger partial charge in [-0.3, -0.25) is 4.79 Å². The molecule has 2 aromatic carbocycles. The molecule has 2 bridgehead atoms. The van der Waals surface area contributed by atoms with Gasteiger partial charge >= 0.3 is 5.97 Å². The Labute approximate surface area is 338 Å². The smallest absolute Gasteiger partial charge is 0.304 e. The van der Waals surface area contributed by atoms with Crippen molar-refractivity contribution < 1.29 is 45.6 Å². The fourth-order valence-corrected chi connectivity index (χ4v) is 9.54. The highest BCUT2D eigenvalue weighted by molar-refractivity contribution is 5.68. The molecule has 5 rings (SSSR count). The Morgan fingerprint density at radius 3 is 2.40 bits per heavy atom. The summed E-state index contributed by atoms with van der Waals surface area (Å²) in [6.07, 6.45) is 7.01. The fourth-order valence-electron chi connectivity index (χ4n) is 9.54. The summed E-state index contributed by atoms with van der Waals surface area (Å²) >= 11 is 0. The Balaban J connectivity index is 1.69. The number of carbonyl (C=O) groups is 1. The van der Waals surface area contributed by atoms with Crippen molar-refractivity contribution in [1.82, 2.24) is 5.32 Å². The molecule has 9 N–H and O–H groups in total. The summed E-state index contributed by atoms with van der Waals surface area (Å²) in [6.45, 7) is 3.35. The molecule has 3 aliphatic rings. The predicted octanol–water partition coefficient (Wildman–Crippen LogP) is 5.62. The van der Waals surface area contributed by atoms with Gasteiger partial charge in [0, 0.05) is 23.9 Å². The van der Waals surface area contributed by atoms with Crippen LogP contribution in [-0.4, -0.2) is 96.0 Å². The van der Waals surface area contributed by atoms with E-state index >= 15 is 0 Å². The van der Waals surface area contributed by atoms with E-state index in [0.29, 0.717) is 51.4 Å². The Hall–Kier alpha value is -3.53. The summed E-state index contributed by atoms with van der Waals surface area (Å²) in [5.74, 6) is 5.07. The van der Waals surface area contributed by atoms with Crippen LogP contribution in [0.2, 0.25) is 0 Å². The van der Waals surface area contributed by atoms with Crippen LogP contribution in [0.5, 0.6) is 5.75 Å². The normalized spacial score (nSPS) is 27.2. The molecule has 1 fully saturated rings. The number of benzene rings is 2. The number of hydrogen-bond acceptors (Lipinski definition) is 9. The maximum atomic E-state index is 12.3. The van der Waals surface area contributed by atoms with Gasteiger partial charge in [0.2, 0.25) is 0 Å². The predicted molar refractivity (Wildman–Crippen MR) is 220 cm³/mol. The monoisotopic (exact) mass is 787 g/mol. The molecule has 1 aliphatic heterocycles. The van der Waals surface area contributed by atoms with E-state index in [-0.39, 0.29) is 37.0 Å². The molecule has 0 amide bonds. The molecule has 0 spiro atoms. The van der Waals surface area contributed by atoms with Crippen LogP contribution in [0.3, 0.4) is 0 Å². The van der Waals surface area contributed by atoms with Crippen molar-refractivity contribution in [2.45, 2.75) is 152 Å². The number of carboxylic acids is 1. The van der Waals surface area contributed by atoms with Gasteiger partial charge in [0.15, 0.2) is 0 Å². The molecule has 0 aromatic heterocycles. The molecule has 0 radical (unpaired) electrons. The van der Waals surface area contributed by atoms with Crippen LogP contribution >= 0.6 is 0 Å². The van der Waals surface area contributed by atoms with Crippen LogP contribution in [-0.2, 0) is 11.2 Å². The highest BCUT2D eigenvalue weighted by Crippen LogP contribution is 2.47. The molecule has 312 valence electrons. The number of aliphatic hydroxyl groups excluding tert-OH is 5. The van der Waals surface area contributed by atoms with E-state index in [1.165, 1.54) is 0 Å². The number of allylic oxidation sites excluding steroid dienone is 2. The van der Waals surface area contributed by atoms with E-state index in [2.05, 4.69) is 29.3 Å². The number of hydrogen-bond donors (Lipinski definition) is 9. The number of rotatable bonds is 16. The van der Waals surface area contributed by atoms with Gasteiger partial charge in [-0.05, 0) is 111 Å². The first-order chi connectivity index (χ1) is 27.3. The molecule has 9 atom stereocenters. The Bertz CT molecular complexity index is 1730. The molecular weight excluding hydrogens is 723 g/mol. The maximum absolute atomic E-state index is 12.3. The van der Waals surface area contributed by atoms with Gasteiger partial charge in [0.05, 0.1) is 49.0 Å². The number of aliphatic carboxylic acids is 1.